The van der Waals surface area contributed by atoms with Gasteiger partial charge in [-0.3, -0.25) is 9.48 Å². The molecule has 3 N–H and O–H groups in total. The van der Waals surface area contributed by atoms with Crippen LogP contribution in [0.3, 0.4) is 0 Å². The van der Waals surface area contributed by atoms with Crippen LogP contribution >= 0.6 is 0 Å². The molecule has 1 saturated carbocycles. The van der Waals surface area contributed by atoms with Gasteiger partial charge >= 0.3 is 0 Å². The summed E-state index contributed by atoms with van der Waals surface area (Å²) in [6, 6.07) is 6.68. The molecule has 0 aliphatic heterocycles. The van der Waals surface area contributed by atoms with E-state index < -0.39 is 0 Å². The van der Waals surface area contributed by atoms with Crippen molar-refractivity contribution >= 4 is 22.6 Å². The van der Waals surface area contributed by atoms with E-state index in [1.54, 1.807) is 6.20 Å². The van der Waals surface area contributed by atoms with E-state index >= 15 is 0 Å². The molecule has 3 heterocycles. The van der Waals surface area contributed by atoms with Crippen LogP contribution in [-0.2, 0) is 4.79 Å². The van der Waals surface area contributed by atoms with Crippen molar-refractivity contribution in [2.75, 3.05) is 18.4 Å². The Hall–Kier alpha value is -3.34. The van der Waals surface area contributed by atoms with Crippen molar-refractivity contribution in [2.45, 2.75) is 52.5 Å². The van der Waals surface area contributed by atoms with Crippen LogP contribution in [0.5, 0.6) is 0 Å². The lowest BCUT2D eigenvalue weighted by atomic mass is 9.82. The highest BCUT2D eigenvalue weighted by Gasteiger charge is 2.25. The Morgan fingerprint density at radius 3 is 2.78 bits per heavy atom. The van der Waals surface area contributed by atoms with Gasteiger partial charge in [-0.1, -0.05) is 0 Å². The molecule has 3 aromatic heterocycles. The second kappa shape index (κ2) is 9.43. The molecule has 0 unspecified atom stereocenters. The molecule has 0 spiro atoms. The fourth-order valence-corrected chi connectivity index (χ4v) is 4.55. The summed E-state index contributed by atoms with van der Waals surface area (Å²) in [6.07, 6.45) is 6.94. The number of nitriles is 1. The van der Waals surface area contributed by atoms with Crippen LogP contribution in [0.15, 0.2) is 24.5 Å². The van der Waals surface area contributed by atoms with Crippen molar-refractivity contribution in [1.29, 1.82) is 5.26 Å². The molecular formula is C24H31N7O. The number of anilines is 1. The first kappa shape index (κ1) is 21.9. The number of aromatic amines is 1. The van der Waals surface area contributed by atoms with E-state index in [4.69, 9.17) is 5.26 Å². The number of amides is 1. The van der Waals surface area contributed by atoms with Crippen LogP contribution in [0.1, 0.15) is 51.3 Å². The average molecular weight is 434 g/mol. The maximum absolute atomic E-state index is 12.4. The van der Waals surface area contributed by atoms with Crippen LogP contribution in [0.2, 0.25) is 0 Å². The van der Waals surface area contributed by atoms with Crippen molar-refractivity contribution in [3.05, 3.63) is 30.2 Å². The predicted molar refractivity (Wildman–Crippen MR) is 125 cm³/mol. The summed E-state index contributed by atoms with van der Waals surface area (Å²) in [4.78, 5) is 20.3. The fourth-order valence-electron chi connectivity index (χ4n) is 4.55. The first-order chi connectivity index (χ1) is 15.5. The van der Waals surface area contributed by atoms with Gasteiger partial charge in [0.1, 0.15) is 5.65 Å². The summed E-state index contributed by atoms with van der Waals surface area (Å²) in [5.74, 6) is 0.253. The molecule has 1 aliphatic carbocycles. The summed E-state index contributed by atoms with van der Waals surface area (Å²) in [5.41, 5.74) is 4.98. The summed E-state index contributed by atoms with van der Waals surface area (Å²) < 4.78 is 2.02. The number of hydrogen-bond acceptors (Lipinski definition) is 5. The average Bonchev–Trinajstić information content (AvgIpc) is 3.40. The van der Waals surface area contributed by atoms with Gasteiger partial charge in [-0.15, -0.1) is 0 Å². The predicted octanol–water partition coefficient (Wildman–Crippen LogP) is 4.17. The van der Waals surface area contributed by atoms with Crippen LogP contribution in [0.4, 0.5) is 5.69 Å². The molecule has 0 aromatic carbocycles. The molecule has 0 radical (unpaired) electrons. The normalized spacial score (nSPS) is 18.6. The second-order valence-corrected chi connectivity index (χ2v) is 8.88. The molecule has 1 amide bonds. The smallest absolute Gasteiger partial charge is 0.223 e. The molecule has 1 aliphatic rings. The van der Waals surface area contributed by atoms with Crippen molar-refractivity contribution in [1.82, 2.24) is 25.1 Å². The molecule has 0 saturated heterocycles. The van der Waals surface area contributed by atoms with Gasteiger partial charge < -0.3 is 15.6 Å². The van der Waals surface area contributed by atoms with Crippen LogP contribution in [-0.4, -0.2) is 38.7 Å². The Labute approximate surface area is 188 Å². The van der Waals surface area contributed by atoms with Gasteiger partial charge in [-0.2, -0.15) is 10.4 Å². The number of pyridine rings is 1. The van der Waals surface area contributed by atoms with Crippen molar-refractivity contribution in [2.24, 2.45) is 11.8 Å². The SMILES string of the molecule is Cc1c(-c2cc3c(NCCNC(=O)[C@H]4CC[C@H](C#N)CC4)ccnc3[nH]2)cnn1C(C)C. The highest BCUT2D eigenvalue weighted by atomic mass is 16.1. The Morgan fingerprint density at radius 1 is 1.31 bits per heavy atom. The lowest BCUT2D eigenvalue weighted by Gasteiger charge is -2.23. The number of hydrogen-bond donors (Lipinski definition) is 3. The number of rotatable bonds is 7. The van der Waals surface area contributed by atoms with E-state index in [1.165, 1.54) is 0 Å². The maximum atomic E-state index is 12.4. The minimum atomic E-state index is 0.0365. The quantitative estimate of drug-likeness (QED) is 0.484. The zero-order valence-corrected chi connectivity index (χ0v) is 19.0. The van der Waals surface area contributed by atoms with Crippen LogP contribution in [0, 0.1) is 30.1 Å². The largest absolute Gasteiger partial charge is 0.383 e. The number of fused-ring (bicyclic) bond motifs is 1. The molecule has 4 rings (SSSR count). The Balaban J connectivity index is 1.37. The third kappa shape index (κ3) is 4.47. The monoisotopic (exact) mass is 433 g/mol. The molecule has 0 atom stereocenters. The number of aromatic nitrogens is 4. The summed E-state index contributed by atoms with van der Waals surface area (Å²) in [7, 11) is 0. The van der Waals surface area contributed by atoms with E-state index in [9.17, 15) is 4.79 Å². The number of nitrogens with one attached hydrogen (secondary N) is 3. The molecule has 8 nitrogen and oxygen atoms in total. The molecule has 168 valence electrons. The molecule has 0 bridgehead atoms. The zero-order chi connectivity index (χ0) is 22.7. The van der Waals surface area contributed by atoms with Gasteiger partial charge in [0.15, 0.2) is 0 Å². The molecule has 8 heteroatoms. The molecular weight excluding hydrogens is 402 g/mol. The maximum Gasteiger partial charge on any atom is 0.223 e. The molecule has 32 heavy (non-hydrogen) atoms. The van der Waals surface area contributed by atoms with E-state index in [0.29, 0.717) is 19.1 Å². The van der Waals surface area contributed by atoms with Gasteiger partial charge in [-0.25, -0.2) is 4.98 Å². The third-order valence-electron chi connectivity index (χ3n) is 6.38. The van der Waals surface area contributed by atoms with Gasteiger partial charge in [0.25, 0.3) is 0 Å². The molecule has 3 aromatic rings. The topological polar surface area (TPSA) is 111 Å². The van der Waals surface area contributed by atoms with E-state index in [1.807, 2.05) is 16.9 Å². The van der Waals surface area contributed by atoms with E-state index in [2.05, 4.69) is 58.6 Å². The van der Waals surface area contributed by atoms with E-state index in [0.717, 1.165) is 59.4 Å². The lowest BCUT2D eigenvalue weighted by molar-refractivity contribution is -0.126. The standard InChI is InChI=1S/C24H31N7O/c1-15(2)31-16(3)20(14-29-31)22-12-19-21(8-9-27-23(19)30-22)26-10-11-28-24(32)18-6-4-17(13-25)5-7-18/h8-9,12,14-15,17-18H,4-7,10-11H2,1-3H3,(H,28,32)(H2,26,27,30)/t17-,18-. The molecule has 1 fully saturated rings. The lowest BCUT2D eigenvalue weighted by Crippen LogP contribution is -2.35. The highest BCUT2D eigenvalue weighted by Crippen LogP contribution is 2.30. The zero-order valence-electron chi connectivity index (χ0n) is 19.0. The first-order valence-electron chi connectivity index (χ1n) is 11.4. The summed E-state index contributed by atoms with van der Waals surface area (Å²) in [5, 5.41) is 21.0. The Kier molecular flexibility index (Phi) is 6.45. The van der Waals surface area contributed by atoms with Crippen LogP contribution in [0.25, 0.3) is 22.3 Å². The second-order valence-electron chi connectivity index (χ2n) is 8.88. The Bertz CT molecular complexity index is 1130. The fraction of sp³-hybridized carbons (Fsp3) is 0.500. The van der Waals surface area contributed by atoms with Gasteiger partial charge in [-0.05, 0) is 58.6 Å². The third-order valence-corrected chi connectivity index (χ3v) is 6.38. The van der Waals surface area contributed by atoms with Gasteiger partial charge in [0, 0.05) is 59.5 Å². The van der Waals surface area contributed by atoms with Gasteiger partial charge in [0.2, 0.25) is 5.91 Å². The Morgan fingerprint density at radius 2 is 2.09 bits per heavy atom. The number of carbonyl (C=O) groups excluding carboxylic acids is 1. The van der Waals surface area contributed by atoms with Crippen molar-refractivity contribution in [3.63, 3.8) is 0 Å². The highest BCUT2D eigenvalue weighted by molar-refractivity contribution is 5.93. The van der Waals surface area contributed by atoms with Gasteiger partial charge in [0.05, 0.1) is 18.0 Å². The number of nitrogens with zero attached hydrogens (tertiary/aromatic N) is 4. The minimum Gasteiger partial charge on any atom is -0.383 e. The first-order valence-corrected chi connectivity index (χ1v) is 11.4. The van der Waals surface area contributed by atoms with E-state index in [-0.39, 0.29) is 17.7 Å². The van der Waals surface area contributed by atoms with Crippen molar-refractivity contribution < 1.29 is 4.79 Å². The van der Waals surface area contributed by atoms with Crippen LogP contribution < -0.4 is 10.6 Å². The number of H-pyrrole nitrogens is 1. The van der Waals surface area contributed by atoms with Crippen molar-refractivity contribution in [3.8, 4) is 17.3 Å². The summed E-state index contributed by atoms with van der Waals surface area (Å²) in [6.45, 7) is 7.50. The number of carbonyl (C=O) groups is 1. The minimum absolute atomic E-state index is 0.0365. The summed E-state index contributed by atoms with van der Waals surface area (Å²) >= 11 is 0.